The lowest BCUT2D eigenvalue weighted by Gasteiger charge is -2.40. The average molecular weight is 479 g/mol. The molecule has 2 heteroatoms. The van der Waals surface area contributed by atoms with Crippen molar-refractivity contribution in [3.05, 3.63) is 35.2 Å². The molecule has 186 valence electrons. The highest BCUT2D eigenvalue weighted by atomic mass is 32.1. The summed E-state index contributed by atoms with van der Waals surface area (Å²) in [4.78, 5) is 1.49. The van der Waals surface area contributed by atoms with Gasteiger partial charge in [-0.25, -0.2) is 0 Å². The Balaban J connectivity index is 1.10. The molecule has 2 saturated carbocycles. The molecule has 0 radical (unpaired) electrons. The molecule has 0 saturated heterocycles. The van der Waals surface area contributed by atoms with Gasteiger partial charge >= 0.3 is 0 Å². The molecule has 0 bridgehead atoms. The first kappa shape index (κ1) is 24.4. The van der Waals surface area contributed by atoms with Crippen LogP contribution in [0.5, 0.6) is 5.75 Å². The van der Waals surface area contributed by atoms with Crippen LogP contribution in [0.1, 0.15) is 109 Å². The van der Waals surface area contributed by atoms with Gasteiger partial charge in [0, 0.05) is 9.58 Å². The van der Waals surface area contributed by atoms with Gasteiger partial charge in [0.25, 0.3) is 0 Å². The van der Waals surface area contributed by atoms with Crippen LogP contribution in [-0.4, -0.2) is 6.61 Å². The maximum Gasteiger partial charge on any atom is 0.120 e. The first-order chi connectivity index (χ1) is 16.7. The molecule has 1 aromatic carbocycles. The molecular weight excluding hydrogens is 432 g/mol. The highest BCUT2D eigenvalue weighted by molar-refractivity contribution is 7.20. The smallest absolute Gasteiger partial charge is 0.120 e. The SMILES string of the molecule is CCCCC1CCC(C2CCC(C3CC=C(c4cc5ccc(OCC)cc5s4)CC3)CC2)CC1. The van der Waals surface area contributed by atoms with Gasteiger partial charge in [-0.1, -0.05) is 45.1 Å². The van der Waals surface area contributed by atoms with Crippen LogP contribution in [0.15, 0.2) is 30.3 Å². The fourth-order valence-corrected chi connectivity index (χ4v) is 8.62. The van der Waals surface area contributed by atoms with Gasteiger partial charge in [-0.2, -0.15) is 0 Å². The first-order valence-electron chi connectivity index (χ1n) is 14.6. The second kappa shape index (κ2) is 11.6. The van der Waals surface area contributed by atoms with Crippen molar-refractivity contribution in [3.63, 3.8) is 0 Å². The minimum Gasteiger partial charge on any atom is -0.494 e. The predicted octanol–water partition coefficient (Wildman–Crippen LogP) is 10.3. The van der Waals surface area contributed by atoms with E-state index in [0.29, 0.717) is 0 Å². The summed E-state index contributed by atoms with van der Waals surface area (Å²) in [6.07, 6.45) is 23.2. The number of unbranched alkanes of at least 4 members (excludes halogenated alkanes) is 1. The Kier molecular flexibility index (Phi) is 8.36. The van der Waals surface area contributed by atoms with Gasteiger partial charge in [-0.3, -0.25) is 0 Å². The van der Waals surface area contributed by atoms with Crippen molar-refractivity contribution >= 4 is 27.0 Å². The lowest BCUT2D eigenvalue weighted by atomic mass is 9.65. The van der Waals surface area contributed by atoms with Crippen molar-refractivity contribution in [3.8, 4) is 5.75 Å². The molecule has 0 amide bonds. The molecule has 2 fully saturated rings. The van der Waals surface area contributed by atoms with Crippen LogP contribution in [0.3, 0.4) is 0 Å². The van der Waals surface area contributed by atoms with Crippen molar-refractivity contribution in [2.75, 3.05) is 6.61 Å². The molecule has 3 aliphatic rings. The zero-order valence-corrected chi connectivity index (χ0v) is 22.5. The van der Waals surface area contributed by atoms with Crippen molar-refractivity contribution in [2.45, 2.75) is 104 Å². The summed E-state index contributed by atoms with van der Waals surface area (Å²) in [6.45, 7) is 5.13. The van der Waals surface area contributed by atoms with E-state index in [2.05, 4.69) is 44.2 Å². The van der Waals surface area contributed by atoms with Crippen LogP contribution in [0.2, 0.25) is 0 Å². The number of benzene rings is 1. The van der Waals surface area contributed by atoms with Crippen molar-refractivity contribution < 1.29 is 4.74 Å². The van der Waals surface area contributed by atoms with Crippen LogP contribution < -0.4 is 4.74 Å². The van der Waals surface area contributed by atoms with Crippen LogP contribution in [-0.2, 0) is 0 Å². The summed E-state index contributed by atoms with van der Waals surface area (Å²) in [7, 11) is 0. The number of fused-ring (bicyclic) bond motifs is 1. The van der Waals surface area contributed by atoms with E-state index in [1.807, 2.05) is 11.3 Å². The molecule has 3 aliphatic carbocycles. The number of rotatable bonds is 8. The van der Waals surface area contributed by atoms with Crippen LogP contribution in [0.4, 0.5) is 0 Å². The number of allylic oxidation sites excluding steroid dienone is 2. The molecule has 1 nitrogen and oxygen atoms in total. The standard InChI is InChI=1S/C32H46OS/c1-3-5-6-23-7-9-24(10-8-23)25-11-13-26(14-12-25)27-15-17-28(18-16-27)31-21-29-19-20-30(33-4-2)22-32(29)34-31/h17,19-27H,3-16,18H2,1-2H3. The Morgan fingerprint density at radius 1 is 0.824 bits per heavy atom. The highest BCUT2D eigenvalue weighted by Gasteiger charge is 2.33. The maximum atomic E-state index is 5.71. The van der Waals surface area contributed by atoms with Crippen LogP contribution >= 0.6 is 11.3 Å². The molecular formula is C32H46OS. The lowest BCUT2D eigenvalue weighted by Crippen LogP contribution is -2.28. The van der Waals surface area contributed by atoms with E-state index in [1.165, 1.54) is 92.0 Å². The van der Waals surface area contributed by atoms with E-state index in [4.69, 9.17) is 4.74 Å². The normalized spacial score (nSPS) is 30.3. The summed E-state index contributed by atoms with van der Waals surface area (Å²) in [5.74, 6) is 6.11. The van der Waals surface area contributed by atoms with E-state index in [9.17, 15) is 0 Å². The lowest BCUT2D eigenvalue weighted by molar-refractivity contribution is 0.120. The Morgan fingerprint density at radius 3 is 2.18 bits per heavy atom. The Bertz CT molecular complexity index is 939. The van der Waals surface area contributed by atoms with E-state index < -0.39 is 0 Å². The minimum absolute atomic E-state index is 0.734. The second-order valence-corrected chi connectivity index (χ2v) is 12.7. The van der Waals surface area contributed by atoms with Gasteiger partial charge < -0.3 is 4.74 Å². The fraction of sp³-hybridized carbons (Fsp3) is 0.688. The van der Waals surface area contributed by atoms with E-state index >= 15 is 0 Å². The summed E-state index contributed by atoms with van der Waals surface area (Å²) in [5.41, 5.74) is 1.60. The van der Waals surface area contributed by atoms with Crippen molar-refractivity contribution in [2.24, 2.45) is 29.6 Å². The van der Waals surface area contributed by atoms with Crippen molar-refractivity contribution in [1.29, 1.82) is 0 Å². The van der Waals surface area contributed by atoms with Gasteiger partial charge in [-0.15, -0.1) is 11.3 Å². The molecule has 0 N–H and O–H groups in total. The van der Waals surface area contributed by atoms with Gasteiger partial charge in [0.1, 0.15) is 5.75 Å². The molecule has 0 aliphatic heterocycles. The van der Waals surface area contributed by atoms with E-state index in [1.54, 1.807) is 18.4 Å². The van der Waals surface area contributed by atoms with Gasteiger partial charge in [-0.05, 0) is 130 Å². The van der Waals surface area contributed by atoms with E-state index in [0.717, 1.165) is 41.9 Å². The van der Waals surface area contributed by atoms with Gasteiger partial charge in [0.05, 0.1) is 6.61 Å². The third kappa shape index (κ3) is 5.75. The number of hydrogen-bond acceptors (Lipinski definition) is 2. The fourth-order valence-electron chi connectivity index (χ4n) is 7.46. The Labute approximate surface area is 212 Å². The average Bonchev–Trinajstić information content (AvgIpc) is 3.32. The monoisotopic (exact) mass is 478 g/mol. The molecule has 0 spiro atoms. The third-order valence-corrected chi connectivity index (χ3v) is 10.8. The maximum absolute atomic E-state index is 5.71. The Hall–Kier alpha value is -1.28. The van der Waals surface area contributed by atoms with Crippen LogP contribution in [0, 0.1) is 29.6 Å². The molecule has 5 rings (SSSR count). The van der Waals surface area contributed by atoms with Gasteiger partial charge in [0.15, 0.2) is 0 Å². The third-order valence-electron chi connectivity index (χ3n) is 9.58. The second-order valence-electron chi connectivity index (χ2n) is 11.6. The van der Waals surface area contributed by atoms with Crippen LogP contribution in [0.25, 0.3) is 15.7 Å². The zero-order chi connectivity index (χ0) is 23.3. The number of ether oxygens (including phenoxy) is 1. The molecule has 1 heterocycles. The van der Waals surface area contributed by atoms with Gasteiger partial charge in [0.2, 0.25) is 0 Å². The molecule has 1 atom stereocenters. The Morgan fingerprint density at radius 2 is 1.53 bits per heavy atom. The van der Waals surface area contributed by atoms with Crippen molar-refractivity contribution in [1.82, 2.24) is 0 Å². The minimum atomic E-state index is 0.734. The summed E-state index contributed by atoms with van der Waals surface area (Å²) in [5, 5.41) is 1.36. The molecule has 34 heavy (non-hydrogen) atoms. The highest BCUT2D eigenvalue weighted by Crippen LogP contribution is 2.47. The first-order valence-corrected chi connectivity index (χ1v) is 15.4. The largest absolute Gasteiger partial charge is 0.494 e. The summed E-state index contributed by atoms with van der Waals surface area (Å²) >= 11 is 1.95. The molecule has 1 aromatic heterocycles. The summed E-state index contributed by atoms with van der Waals surface area (Å²) in [6, 6.07) is 8.96. The quantitative estimate of drug-likeness (QED) is 0.366. The predicted molar refractivity (Wildman–Crippen MR) is 149 cm³/mol. The molecule has 1 unspecified atom stereocenters. The topological polar surface area (TPSA) is 9.23 Å². The number of thiophene rings is 1. The van der Waals surface area contributed by atoms with E-state index in [-0.39, 0.29) is 0 Å². The summed E-state index contributed by atoms with van der Waals surface area (Å²) < 4.78 is 7.07. The molecule has 2 aromatic rings. The number of hydrogen-bond donors (Lipinski definition) is 0. The zero-order valence-electron chi connectivity index (χ0n) is 21.7.